The summed E-state index contributed by atoms with van der Waals surface area (Å²) in [6.45, 7) is 0. The lowest BCUT2D eigenvalue weighted by atomic mass is 10.3. The molecule has 2 aromatic rings. The third-order valence-electron chi connectivity index (χ3n) is 1.72. The van der Waals surface area contributed by atoms with Gasteiger partial charge in [-0.05, 0) is 11.4 Å². The predicted octanol–water partition coefficient (Wildman–Crippen LogP) is 2.39. The summed E-state index contributed by atoms with van der Waals surface area (Å²) in [4.78, 5) is 8.63. The summed E-state index contributed by atoms with van der Waals surface area (Å²) < 4.78 is 13.3. The van der Waals surface area contributed by atoms with Crippen molar-refractivity contribution in [3.63, 3.8) is 0 Å². The van der Waals surface area contributed by atoms with E-state index in [-0.39, 0.29) is 0 Å². The molecule has 5 heteroatoms. The molecule has 1 N–H and O–H groups in total. The van der Waals surface area contributed by atoms with Gasteiger partial charge < -0.3 is 5.32 Å². The van der Waals surface area contributed by atoms with Gasteiger partial charge in [-0.3, -0.25) is 0 Å². The Kier molecular flexibility index (Phi) is 2.41. The van der Waals surface area contributed by atoms with Crippen LogP contribution in [-0.4, -0.2) is 17.0 Å². The number of thiophene rings is 1. The highest BCUT2D eigenvalue weighted by Crippen LogP contribution is 2.25. The van der Waals surface area contributed by atoms with Crippen LogP contribution in [0.15, 0.2) is 23.7 Å². The zero-order valence-corrected chi connectivity index (χ0v) is 8.31. The van der Waals surface area contributed by atoms with Crippen molar-refractivity contribution in [2.75, 3.05) is 12.4 Å². The Bertz CT molecular complexity index is 428. The maximum absolute atomic E-state index is 13.3. The summed E-state index contributed by atoms with van der Waals surface area (Å²) in [5.74, 6) is 0.0289. The van der Waals surface area contributed by atoms with Crippen LogP contribution in [0.4, 0.5) is 10.3 Å². The van der Waals surface area contributed by atoms with Crippen molar-refractivity contribution in [1.82, 2.24) is 9.97 Å². The van der Waals surface area contributed by atoms with Gasteiger partial charge in [-0.2, -0.15) is 0 Å². The van der Waals surface area contributed by atoms with E-state index in [0.717, 1.165) is 4.88 Å². The molecule has 2 heterocycles. The first kappa shape index (κ1) is 9.08. The molecule has 0 atom stereocenters. The molecule has 0 bridgehead atoms. The minimum atomic E-state index is -0.397. The molecule has 0 fully saturated rings. The number of hydrogen-bond donors (Lipinski definition) is 1. The van der Waals surface area contributed by atoms with E-state index in [0.29, 0.717) is 11.6 Å². The van der Waals surface area contributed by atoms with Crippen LogP contribution in [0.5, 0.6) is 0 Å². The van der Waals surface area contributed by atoms with Gasteiger partial charge in [-0.15, -0.1) is 11.3 Å². The normalized spacial score (nSPS) is 10.1. The molecule has 0 aromatic carbocycles. The summed E-state index contributed by atoms with van der Waals surface area (Å²) in [5.41, 5.74) is 0.347. The first-order chi connectivity index (χ1) is 6.81. The van der Waals surface area contributed by atoms with E-state index >= 15 is 0 Å². The quantitative estimate of drug-likeness (QED) is 0.825. The van der Waals surface area contributed by atoms with Crippen LogP contribution in [0.3, 0.4) is 0 Å². The van der Waals surface area contributed by atoms with E-state index in [1.807, 2.05) is 17.5 Å². The number of hydrogen-bond acceptors (Lipinski definition) is 4. The second-order valence-electron chi connectivity index (χ2n) is 2.62. The summed E-state index contributed by atoms with van der Waals surface area (Å²) in [5, 5.41) is 4.66. The lowest BCUT2D eigenvalue weighted by Crippen LogP contribution is -1.98. The Hall–Kier alpha value is -1.49. The zero-order valence-electron chi connectivity index (χ0n) is 7.49. The highest BCUT2D eigenvalue weighted by Gasteiger charge is 2.09. The molecular formula is C9H8FN3S. The average molecular weight is 209 g/mol. The molecule has 3 nitrogen and oxygen atoms in total. The maximum atomic E-state index is 13.3. The van der Waals surface area contributed by atoms with Crippen molar-refractivity contribution in [3.05, 3.63) is 29.5 Å². The van der Waals surface area contributed by atoms with Crippen LogP contribution in [0.1, 0.15) is 0 Å². The molecule has 72 valence electrons. The van der Waals surface area contributed by atoms with Gasteiger partial charge >= 0.3 is 0 Å². The van der Waals surface area contributed by atoms with Crippen LogP contribution in [0.25, 0.3) is 10.6 Å². The molecule has 0 aliphatic heterocycles. The van der Waals surface area contributed by atoms with Gasteiger partial charge in [0.25, 0.3) is 0 Å². The fraction of sp³-hybridized carbons (Fsp3) is 0.111. The topological polar surface area (TPSA) is 37.8 Å². The molecule has 0 radical (unpaired) electrons. The monoisotopic (exact) mass is 209 g/mol. The number of halogens is 1. The second-order valence-corrected chi connectivity index (χ2v) is 3.57. The summed E-state index contributed by atoms with van der Waals surface area (Å²) in [6.07, 6.45) is 1.17. The van der Waals surface area contributed by atoms with Gasteiger partial charge in [0.2, 0.25) is 5.95 Å². The third kappa shape index (κ3) is 1.58. The van der Waals surface area contributed by atoms with Gasteiger partial charge in [0.05, 0.1) is 11.1 Å². The highest BCUT2D eigenvalue weighted by molar-refractivity contribution is 7.13. The molecule has 0 amide bonds. The maximum Gasteiger partial charge on any atom is 0.223 e. The Morgan fingerprint density at radius 1 is 1.50 bits per heavy atom. The van der Waals surface area contributed by atoms with Crippen LogP contribution in [0, 0.1) is 5.82 Å². The lowest BCUT2D eigenvalue weighted by molar-refractivity contribution is 0.619. The highest BCUT2D eigenvalue weighted by atomic mass is 32.1. The third-order valence-corrected chi connectivity index (χ3v) is 2.60. The molecular weight excluding hydrogens is 201 g/mol. The minimum absolute atomic E-state index is 0.347. The van der Waals surface area contributed by atoms with E-state index in [9.17, 15) is 4.39 Å². The number of aromatic nitrogens is 2. The Morgan fingerprint density at radius 2 is 2.36 bits per heavy atom. The lowest BCUT2D eigenvalue weighted by Gasteiger charge is -2.01. The predicted molar refractivity (Wildman–Crippen MR) is 54.8 cm³/mol. The van der Waals surface area contributed by atoms with E-state index in [2.05, 4.69) is 15.3 Å². The molecule has 2 aromatic heterocycles. The summed E-state index contributed by atoms with van der Waals surface area (Å²) in [7, 11) is 1.70. The standard InChI is InChI=1S/C9H8FN3S/c1-11-9-12-5-6(10)8(13-9)7-3-2-4-14-7/h2-5H,1H3,(H,11,12,13). The van der Waals surface area contributed by atoms with E-state index in [1.54, 1.807) is 7.05 Å². The fourth-order valence-corrected chi connectivity index (χ4v) is 1.79. The largest absolute Gasteiger partial charge is 0.357 e. The zero-order chi connectivity index (χ0) is 9.97. The van der Waals surface area contributed by atoms with Crippen molar-refractivity contribution in [2.24, 2.45) is 0 Å². The van der Waals surface area contributed by atoms with Crippen molar-refractivity contribution in [3.8, 4) is 10.6 Å². The van der Waals surface area contributed by atoms with Crippen LogP contribution >= 0.6 is 11.3 Å². The summed E-state index contributed by atoms with van der Waals surface area (Å²) >= 11 is 1.45. The van der Waals surface area contributed by atoms with Crippen LogP contribution in [0.2, 0.25) is 0 Å². The molecule has 14 heavy (non-hydrogen) atoms. The Balaban J connectivity index is 2.51. The van der Waals surface area contributed by atoms with Crippen molar-refractivity contribution in [1.29, 1.82) is 0 Å². The first-order valence-corrected chi connectivity index (χ1v) is 4.93. The number of nitrogens with one attached hydrogen (secondary N) is 1. The molecule has 0 aliphatic rings. The van der Waals surface area contributed by atoms with E-state index < -0.39 is 5.82 Å². The number of anilines is 1. The van der Waals surface area contributed by atoms with Gasteiger partial charge in [-0.25, -0.2) is 14.4 Å². The average Bonchev–Trinajstić information content (AvgIpc) is 2.71. The Morgan fingerprint density at radius 3 is 3.00 bits per heavy atom. The smallest absolute Gasteiger partial charge is 0.223 e. The van der Waals surface area contributed by atoms with Crippen molar-refractivity contribution < 1.29 is 4.39 Å². The molecule has 0 aliphatic carbocycles. The molecule has 2 rings (SSSR count). The van der Waals surface area contributed by atoms with Gasteiger partial charge in [-0.1, -0.05) is 6.07 Å². The molecule has 0 saturated heterocycles. The van der Waals surface area contributed by atoms with Crippen LogP contribution in [-0.2, 0) is 0 Å². The molecule has 0 unspecified atom stereocenters. The number of rotatable bonds is 2. The van der Waals surface area contributed by atoms with Crippen molar-refractivity contribution >= 4 is 17.3 Å². The van der Waals surface area contributed by atoms with Crippen molar-refractivity contribution in [2.45, 2.75) is 0 Å². The van der Waals surface area contributed by atoms with E-state index in [1.165, 1.54) is 17.5 Å². The molecule has 0 spiro atoms. The van der Waals surface area contributed by atoms with Gasteiger partial charge in [0, 0.05) is 7.05 Å². The first-order valence-electron chi connectivity index (χ1n) is 4.05. The fourth-order valence-electron chi connectivity index (χ4n) is 1.07. The summed E-state index contributed by atoms with van der Waals surface area (Å²) in [6, 6.07) is 3.69. The van der Waals surface area contributed by atoms with E-state index in [4.69, 9.17) is 0 Å². The second kappa shape index (κ2) is 3.71. The number of nitrogens with zero attached hydrogens (tertiary/aromatic N) is 2. The minimum Gasteiger partial charge on any atom is -0.357 e. The van der Waals surface area contributed by atoms with Gasteiger partial charge in [0.15, 0.2) is 5.82 Å². The molecule has 0 saturated carbocycles. The van der Waals surface area contributed by atoms with Gasteiger partial charge in [0.1, 0.15) is 5.69 Å². The SMILES string of the molecule is CNc1ncc(F)c(-c2cccs2)n1. The van der Waals surface area contributed by atoms with Crippen LogP contribution < -0.4 is 5.32 Å². The Labute approximate surface area is 84.6 Å².